The highest BCUT2D eigenvalue weighted by Crippen LogP contribution is 2.21. The zero-order chi connectivity index (χ0) is 18.8. The lowest BCUT2D eigenvalue weighted by atomic mass is 10.0. The molecule has 138 valence electrons. The van der Waals surface area contributed by atoms with Gasteiger partial charge >= 0.3 is 0 Å². The van der Waals surface area contributed by atoms with E-state index in [1.54, 1.807) is 0 Å². The fourth-order valence-electron chi connectivity index (χ4n) is 3.63. The number of aryl methyl sites for hydroxylation is 2. The van der Waals surface area contributed by atoms with Gasteiger partial charge in [0.25, 0.3) is 5.91 Å². The van der Waals surface area contributed by atoms with Crippen LogP contribution in [-0.2, 0) is 6.54 Å². The molecule has 3 aromatic rings. The fraction of sp³-hybridized carbons (Fsp3) is 0.318. The molecule has 5 heteroatoms. The largest absolute Gasteiger partial charge is 0.357 e. The van der Waals surface area contributed by atoms with Gasteiger partial charge in [-0.05, 0) is 62.6 Å². The van der Waals surface area contributed by atoms with Gasteiger partial charge in [0.1, 0.15) is 5.82 Å². The zero-order valence-electron chi connectivity index (χ0n) is 15.8. The Balaban J connectivity index is 1.54. The Hall–Kier alpha value is -2.95. The Morgan fingerprint density at radius 2 is 1.93 bits per heavy atom. The number of hydrogen-bond donors (Lipinski definition) is 1. The van der Waals surface area contributed by atoms with Crippen LogP contribution in [0, 0.1) is 13.8 Å². The molecule has 3 heterocycles. The Labute approximate surface area is 159 Å². The molecule has 1 aliphatic heterocycles. The van der Waals surface area contributed by atoms with Crippen molar-refractivity contribution in [1.82, 2.24) is 15.3 Å². The van der Waals surface area contributed by atoms with E-state index < -0.39 is 0 Å². The van der Waals surface area contributed by atoms with E-state index in [-0.39, 0.29) is 5.91 Å². The number of carbonyl (C=O) groups excluding carboxylic acids is 1. The number of amides is 1. The molecule has 1 N–H and O–H groups in total. The highest BCUT2D eigenvalue weighted by atomic mass is 16.1. The monoisotopic (exact) mass is 360 g/mol. The molecule has 0 spiro atoms. The average Bonchev–Trinajstić information content (AvgIpc) is 3.21. The number of fused-ring (bicyclic) bond motifs is 1. The van der Waals surface area contributed by atoms with Crippen LogP contribution in [0.1, 0.15) is 40.0 Å². The summed E-state index contributed by atoms with van der Waals surface area (Å²) in [4.78, 5) is 24.2. The van der Waals surface area contributed by atoms with Crippen molar-refractivity contribution >= 4 is 22.6 Å². The summed E-state index contributed by atoms with van der Waals surface area (Å²) in [7, 11) is 0. The predicted octanol–water partition coefficient (Wildman–Crippen LogP) is 3.78. The molecule has 0 radical (unpaired) electrons. The van der Waals surface area contributed by atoms with Crippen molar-refractivity contribution in [1.29, 1.82) is 0 Å². The lowest BCUT2D eigenvalue weighted by molar-refractivity contribution is 0.0952. The first-order valence-electron chi connectivity index (χ1n) is 9.46. The third kappa shape index (κ3) is 3.77. The Morgan fingerprint density at radius 1 is 1.11 bits per heavy atom. The topological polar surface area (TPSA) is 58.1 Å². The van der Waals surface area contributed by atoms with Gasteiger partial charge in [0.2, 0.25) is 0 Å². The molecule has 0 aliphatic carbocycles. The summed E-state index contributed by atoms with van der Waals surface area (Å²) in [6.07, 6.45) is 4.26. The van der Waals surface area contributed by atoms with E-state index in [1.807, 2.05) is 50.4 Å². The van der Waals surface area contributed by atoms with E-state index in [9.17, 15) is 4.79 Å². The molecule has 1 aromatic carbocycles. The molecule has 1 fully saturated rings. The average molecular weight is 360 g/mol. The molecule has 2 aromatic heterocycles. The number of anilines is 1. The van der Waals surface area contributed by atoms with Crippen LogP contribution in [0.3, 0.4) is 0 Å². The van der Waals surface area contributed by atoms with Crippen molar-refractivity contribution in [3.8, 4) is 0 Å². The van der Waals surface area contributed by atoms with Gasteiger partial charge < -0.3 is 10.2 Å². The van der Waals surface area contributed by atoms with Crippen molar-refractivity contribution in [2.24, 2.45) is 0 Å². The number of benzene rings is 1. The van der Waals surface area contributed by atoms with Crippen LogP contribution < -0.4 is 10.2 Å². The SMILES string of the molecule is Cc1ccc2nc(C)cc(C(=O)NCc3ccnc(N4CCCC4)c3)c2c1. The Morgan fingerprint density at radius 3 is 2.74 bits per heavy atom. The van der Waals surface area contributed by atoms with Crippen molar-refractivity contribution in [2.45, 2.75) is 33.2 Å². The van der Waals surface area contributed by atoms with Gasteiger partial charge in [-0.25, -0.2) is 4.98 Å². The standard InChI is InChI=1S/C22H24N4O/c1-15-5-6-20-18(11-15)19(12-16(2)25-20)22(27)24-14-17-7-8-23-21(13-17)26-9-3-4-10-26/h5-8,11-13H,3-4,9-10,14H2,1-2H3,(H,24,27). The van der Waals surface area contributed by atoms with Crippen molar-refractivity contribution in [2.75, 3.05) is 18.0 Å². The van der Waals surface area contributed by atoms with Gasteiger partial charge in [0.15, 0.2) is 0 Å². The summed E-state index contributed by atoms with van der Waals surface area (Å²) in [6.45, 7) is 6.55. The molecule has 0 bridgehead atoms. The molecular weight excluding hydrogens is 336 g/mol. The minimum atomic E-state index is -0.0735. The second kappa shape index (κ2) is 7.35. The van der Waals surface area contributed by atoms with Crippen molar-refractivity contribution < 1.29 is 4.79 Å². The second-order valence-corrected chi connectivity index (χ2v) is 7.23. The van der Waals surface area contributed by atoms with Gasteiger partial charge in [-0.2, -0.15) is 0 Å². The summed E-state index contributed by atoms with van der Waals surface area (Å²) >= 11 is 0. The molecule has 1 amide bonds. The molecule has 5 nitrogen and oxygen atoms in total. The molecule has 4 rings (SSSR count). The smallest absolute Gasteiger partial charge is 0.252 e. The number of rotatable bonds is 4. The quantitative estimate of drug-likeness (QED) is 0.769. The lowest BCUT2D eigenvalue weighted by Gasteiger charge is -2.17. The minimum Gasteiger partial charge on any atom is -0.357 e. The van der Waals surface area contributed by atoms with E-state index in [0.717, 1.165) is 46.6 Å². The third-order valence-corrected chi connectivity index (χ3v) is 5.03. The molecule has 1 saturated heterocycles. The lowest BCUT2D eigenvalue weighted by Crippen LogP contribution is -2.24. The van der Waals surface area contributed by atoms with Crippen LogP contribution in [0.25, 0.3) is 10.9 Å². The predicted molar refractivity (Wildman–Crippen MR) is 108 cm³/mol. The van der Waals surface area contributed by atoms with Gasteiger partial charge in [0.05, 0.1) is 11.1 Å². The van der Waals surface area contributed by atoms with Crippen molar-refractivity contribution in [3.63, 3.8) is 0 Å². The molecule has 0 saturated carbocycles. The van der Waals surface area contributed by atoms with E-state index in [1.165, 1.54) is 12.8 Å². The van der Waals surface area contributed by atoms with E-state index >= 15 is 0 Å². The normalized spacial score (nSPS) is 13.9. The summed E-state index contributed by atoms with van der Waals surface area (Å²) in [5.41, 5.74) is 4.55. The minimum absolute atomic E-state index is 0.0735. The fourth-order valence-corrected chi connectivity index (χ4v) is 3.63. The molecular formula is C22H24N4O. The van der Waals surface area contributed by atoms with E-state index in [2.05, 4.69) is 26.3 Å². The molecule has 0 unspecified atom stereocenters. The Kier molecular flexibility index (Phi) is 4.75. The first kappa shape index (κ1) is 17.5. The number of pyridine rings is 2. The maximum Gasteiger partial charge on any atom is 0.252 e. The zero-order valence-corrected chi connectivity index (χ0v) is 15.8. The maximum absolute atomic E-state index is 12.9. The molecule has 0 atom stereocenters. The number of hydrogen-bond acceptors (Lipinski definition) is 4. The summed E-state index contributed by atoms with van der Waals surface area (Å²) in [5.74, 6) is 0.927. The van der Waals surface area contributed by atoms with Crippen LogP contribution in [-0.4, -0.2) is 29.0 Å². The summed E-state index contributed by atoms with van der Waals surface area (Å²) < 4.78 is 0. The van der Waals surface area contributed by atoms with Crippen molar-refractivity contribution in [3.05, 3.63) is 65.0 Å². The van der Waals surface area contributed by atoms with Crippen LogP contribution in [0.5, 0.6) is 0 Å². The molecule has 27 heavy (non-hydrogen) atoms. The highest BCUT2D eigenvalue weighted by molar-refractivity contribution is 6.06. The Bertz CT molecular complexity index is 993. The van der Waals surface area contributed by atoms with Gasteiger partial charge in [0, 0.05) is 36.9 Å². The summed E-state index contributed by atoms with van der Waals surface area (Å²) in [5, 5.41) is 3.95. The summed E-state index contributed by atoms with van der Waals surface area (Å²) in [6, 6.07) is 11.9. The first-order valence-corrected chi connectivity index (χ1v) is 9.46. The van der Waals surface area contributed by atoms with Gasteiger partial charge in [-0.3, -0.25) is 9.78 Å². The number of carbonyl (C=O) groups is 1. The van der Waals surface area contributed by atoms with E-state index in [0.29, 0.717) is 12.1 Å². The number of nitrogens with one attached hydrogen (secondary N) is 1. The van der Waals surface area contributed by atoms with Crippen LogP contribution in [0.4, 0.5) is 5.82 Å². The van der Waals surface area contributed by atoms with Crippen LogP contribution >= 0.6 is 0 Å². The van der Waals surface area contributed by atoms with Crippen LogP contribution in [0.15, 0.2) is 42.6 Å². The maximum atomic E-state index is 12.9. The highest BCUT2D eigenvalue weighted by Gasteiger charge is 2.15. The van der Waals surface area contributed by atoms with E-state index in [4.69, 9.17) is 0 Å². The number of nitrogens with zero attached hydrogens (tertiary/aromatic N) is 3. The number of aromatic nitrogens is 2. The first-order chi connectivity index (χ1) is 13.1. The second-order valence-electron chi connectivity index (χ2n) is 7.23. The van der Waals surface area contributed by atoms with Gasteiger partial charge in [-0.1, -0.05) is 11.6 Å². The van der Waals surface area contributed by atoms with Crippen LogP contribution in [0.2, 0.25) is 0 Å². The molecule has 1 aliphatic rings. The third-order valence-electron chi connectivity index (χ3n) is 5.03. The van der Waals surface area contributed by atoms with Gasteiger partial charge in [-0.15, -0.1) is 0 Å².